The third-order valence-corrected chi connectivity index (χ3v) is 4.27. The van der Waals surface area contributed by atoms with Crippen molar-refractivity contribution in [2.75, 3.05) is 38.5 Å². The Morgan fingerprint density at radius 2 is 1.87 bits per heavy atom. The van der Waals surface area contributed by atoms with E-state index in [-0.39, 0.29) is 18.5 Å². The fourth-order valence-electron chi connectivity index (χ4n) is 2.90. The molecule has 1 aliphatic heterocycles. The highest BCUT2D eigenvalue weighted by atomic mass is 16.4. The number of likely N-dealkylation sites (N-methyl/N-ethyl adjacent to an activating group) is 1. The van der Waals surface area contributed by atoms with Crippen LogP contribution in [0.5, 0.6) is 0 Å². The van der Waals surface area contributed by atoms with Crippen molar-refractivity contribution in [2.45, 2.75) is 25.8 Å². The number of carboxylic acid groups (broad SMARTS) is 1. The summed E-state index contributed by atoms with van der Waals surface area (Å²) in [6, 6.07) is 8.03. The van der Waals surface area contributed by atoms with Gasteiger partial charge in [0, 0.05) is 24.8 Å². The first-order valence-corrected chi connectivity index (χ1v) is 7.95. The minimum absolute atomic E-state index is 0.00815. The highest BCUT2D eigenvalue weighted by molar-refractivity contribution is 5.92. The quantitative estimate of drug-likeness (QED) is 0.829. The van der Waals surface area contributed by atoms with E-state index < -0.39 is 5.97 Å². The molecule has 0 atom stereocenters. The number of anilines is 1. The Balaban J connectivity index is 1.74. The molecule has 0 aromatic heterocycles. The van der Waals surface area contributed by atoms with Gasteiger partial charge in [0.15, 0.2) is 0 Å². The Morgan fingerprint density at radius 3 is 2.43 bits per heavy atom. The minimum atomic E-state index is -0.799. The lowest BCUT2D eigenvalue weighted by Crippen LogP contribution is -2.46. The number of nitrogens with zero attached hydrogens (tertiary/aromatic N) is 2. The second-order valence-electron chi connectivity index (χ2n) is 6.23. The van der Waals surface area contributed by atoms with E-state index in [4.69, 9.17) is 5.11 Å². The van der Waals surface area contributed by atoms with Crippen LogP contribution in [-0.4, -0.2) is 66.1 Å². The van der Waals surface area contributed by atoms with Crippen molar-refractivity contribution < 1.29 is 14.7 Å². The predicted octanol–water partition coefficient (Wildman–Crippen LogP) is 1.41. The SMILES string of the molecule is Cc1ccc(NC(=O)CN2CCC(N(C)CC(=O)O)CC2)cc1. The monoisotopic (exact) mass is 319 g/mol. The highest BCUT2D eigenvalue weighted by Crippen LogP contribution is 2.15. The number of carboxylic acids is 1. The van der Waals surface area contributed by atoms with Gasteiger partial charge in [-0.05, 0) is 38.9 Å². The average molecular weight is 319 g/mol. The first-order chi connectivity index (χ1) is 10.9. The fraction of sp³-hybridized carbons (Fsp3) is 0.529. The molecule has 1 heterocycles. The van der Waals surface area contributed by atoms with E-state index in [1.807, 2.05) is 43.1 Å². The van der Waals surface area contributed by atoms with Gasteiger partial charge in [-0.15, -0.1) is 0 Å². The summed E-state index contributed by atoms with van der Waals surface area (Å²) >= 11 is 0. The largest absolute Gasteiger partial charge is 0.480 e. The average Bonchev–Trinajstić information content (AvgIpc) is 2.49. The topological polar surface area (TPSA) is 72.9 Å². The fourth-order valence-corrected chi connectivity index (χ4v) is 2.90. The molecule has 126 valence electrons. The third-order valence-electron chi connectivity index (χ3n) is 4.27. The van der Waals surface area contributed by atoms with Crippen LogP contribution in [0.25, 0.3) is 0 Å². The summed E-state index contributed by atoms with van der Waals surface area (Å²) in [4.78, 5) is 26.8. The van der Waals surface area contributed by atoms with Crippen LogP contribution < -0.4 is 5.32 Å². The molecule has 1 saturated heterocycles. The smallest absolute Gasteiger partial charge is 0.317 e. The minimum Gasteiger partial charge on any atom is -0.480 e. The van der Waals surface area contributed by atoms with Gasteiger partial charge in [0.05, 0.1) is 13.1 Å². The second kappa shape index (κ2) is 8.08. The van der Waals surface area contributed by atoms with Gasteiger partial charge in [-0.1, -0.05) is 17.7 Å². The van der Waals surface area contributed by atoms with Crippen LogP contribution in [0.2, 0.25) is 0 Å². The van der Waals surface area contributed by atoms with Gasteiger partial charge >= 0.3 is 5.97 Å². The van der Waals surface area contributed by atoms with Crippen molar-refractivity contribution >= 4 is 17.6 Å². The summed E-state index contributed by atoms with van der Waals surface area (Å²) in [6.07, 6.45) is 1.78. The number of hydrogen-bond acceptors (Lipinski definition) is 4. The molecule has 1 aromatic carbocycles. The summed E-state index contributed by atoms with van der Waals surface area (Å²) in [5.74, 6) is -0.807. The van der Waals surface area contributed by atoms with E-state index in [9.17, 15) is 9.59 Å². The van der Waals surface area contributed by atoms with Crippen LogP contribution in [0.1, 0.15) is 18.4 Å². The van der Waals surface area contributed by atoms with Crippen molar-refractivity contribution in [3.8, 4) is 0 Å². The molecule has 0 saturated carbocycles. The molecule has 1 aliphatic rings. The Labute approximate surface area is 137 Å². The number of nitrogens with one attached hydrogen (secondary N) is 1. The van der Waals surface area contributed by atoms with E-state index in [0.717, 1.165) is 37.2 Å². The summed E-state index contributed by atoms with van der Waals surface area (Å²) in [6.45, 7) is 4.09. The maximum Gasteiger partial charge on any atom is 0.317 e. The van der Waals surface area contributed by atoms with E-state index >= 15 is 0 Å². The Kier molecular flexibility index (Phi) is 6.12. The molecular formula is C17H25N3O3. The summed E-state index contributed by atoms with van der Waals surface area (Å²) < 4.78 is 0. The zero-order valence-corrected chi connectivity index (χ0v) is 13.8. The van der Waals surface area contributed by atoms with Gasteiger partial charge in [0.2, 0.25) is 5.91 Å². The van der Waals surface area contributed by atoms with Gasteiger partial charge in [0.25, 0.3) is 0 Å². The predicted molar refractivity (Wildman–Crippen MR) is 89.5 cm³/mol. The maximum absolute atomic E-state index is 12.1. The molecule has 0 radical (unpaired) electrons. The van der Waals surface area contributed by atoms with Crippen molar-refractivity contribution in [2.24, 2.45) is 0 Å². The number of aliphatic carboxylic acids is 1. The third kappa shape index (κ3) is 5.65. The summed E-state index contributed by atoms with van der Waals surface area (Å²) in [5.41, 5.74) is 1.98. The highest BCUT2D eigenvalue weighted by Gasteiger charge is 2.24. The molecular weight excluding hydrogens is 294 g/mol. The van der Waals surface area contributed by atoms with Gasteiger partial charge in [0.1, 0.15) is 0 Å². The Bertz CT molecular complexity index is 537. The van der Waals surface area contributed by atoms with E-state index in [1.54, 1.807) is 0 Å². The van der Waals surface area contributed by atoms with Crippen molar-refractivity contribution in [1.82, 2.24) is 9.80 Å². The first-order valence-electron chi connectivity index (χ1n) is 7.95. The molecule has 0 spiro atoms. The van der Waals surface area contributed by atoms with Crippen LogP contribution in [0.15, 0.2) is 24.3 Å². The molecule has 2 N–H and O–H groups in total. The first kappa shape index (κ1) is 17.4. The molecule has 23 heavy (non-hydrogen) atoms. The molecule has 0 aliphatic carbocycles. The molecule has 0 unspecified atom stereocenters. The lowest BCUT2D eigenvalue weighted by molar-refractivity contribution is -0.138. The van der Waals surface area contributed by atoms with Crippen LogP contribution in [0.3, 0.4) is 0 Å². The maximum atomic E-state index is 12.1. The molecule has 6 heteroatoms. The number of carbonyl (C=O) groups excluding carboxylic acids is 1. The number of likely N-dealkylation sites (tertiary alicyclic amines) is 1. The number of hydrogen-bond donors (Lipinski definition) is 2. The van der Waals surface area contributed by atoms with Gasteiger partial charge in [-0.3, -0.25) is 19.4 Å². The number of benzene rings is 1. The lowest BCUT2D eigenvalue weighted by Gasteiger charge is -2.35. The lowest BCUT2D eigenvalue weighted by atomic mass is 10.0. The number of piperidine rings is 1. The van der Waals surface area contributed by atoms with Crippen LogP contribution >= 0.6 is 0 Å². The molecule has 1 fully saturated rings. The summed E-state index contributed by atoms with van der Waals surface area (Å²) in [7, 11) is 1.85. The number of carbonyl (C=O) groups is 2. The van der Waals surface area contributed by atoms with Crippen LogP contribution in [0, 0.1) is 6.92 Å². The zero-order chi connectivity index (χ0) is 16.8. The molecule has 1 amide bonds. The Hall–Kier alpha value is -1.92. The molecule has 2 rings (SSSR count). The van der Waals surface area contributed by atoms with Gasteiger partial charge in [-0.25, -0.2) is 0 Å². The van der Waals surface area contributed by atoms with Crippen LogP contribution in [-0.2, 0) is 9.59 Å². The number of aryl methyl sites for hydroxylation is 1. The second-order valence-corrected chi connectivity index (χ2v) is 6.23. The summed E-state index contributed by atoms with van der Waals surface area (Å²) in [5, 5.41) is 11.7. The Morgan fingerprint density at radius 1 is 1.26 bits per heavy atom. The molecule has 1 aromatic rings. The van der Waals surface area contributed by atoms with E-state index in [0.29, 0.717) is 6.54 Å². The molecule has 0 bridgehead atoms. The van der Waals surface area contributed by atoms with E-state index in [1.165, 1.54) is 0 Å². The van der Waals surface area contributed by atoms with E-state index in [2.05, 4.69) is 10.2 Å². The van der Waals surface area contributed by atoms with Gasteiger partial charge in [-0.2, -0.15) is 0 Å². The zero-order valence-electron chi connectivity index (χ0n) is 13.8. The normalized spacial score (nSPS) is 16.5. The standard InChI is InChI=1S/C17H25N3O3/c1-13-3-5-14(6-4-13)18-16(21)11-20-9-7-15(8-10-20)19(2)12-17(22)23/h3-6,15H,7-12H2,1-2H3,(H,18,21)(H,22,23). The van der Waals surface area contributed by atoms with Crippen molar-refractivity contribution in [3.05, 3.63) is 29.8 Å². The number of rotatable bonds is 6. The van der Waals surface area contributed by atoms with Crippen molar-refractivity contribution in [1.29, 1.82) is 0 Å². The van der Waals surface area contributed by atoms with Crippen molar-refractivity contribution in [3.63, 3.8) is 0 Å². The number of amides is 1. The van der Waals surface area contributed by atoms with Gasteiger partial charge < -0.3 is 10.4 Å². The molecule has 6 nitrogen and oxygen atoms in total. The van der Waals surface area contributed by atoms with Crippen LogP contribution in [0.4, 0.5) is 5.69 Å².